The number of rotatable bonds is 6. The Balaban J connectivity index is 2.37. The number of nitrogens with zero attached hydrogens (tertiary/aromatic N) is 1. The first-order chi connectivity index (χ1) is 8.09. The molecule has 0 aliphatic carbocycles. The molecule has 1 rings (SSSR count). The van der Waals surface area contributed by atoms with Gasteiger partial charge in [-0.1, -0.05) is 16.9 Å². The summed E-state index contributed by atoms with van der Waals surface area (Å²) in [7, 11) is 2.73. The second kappa shape index (κ2) is 7.18. The van der Waals surface area contributed by atoms with Crippen molar-refractivity contribution in [2.45, 2.75) is 18.0 Å². The summed E-state index contributed by atoms with van der Waals surface area (Å²) in [4.78, 5) is 25.7. The topological polar surface area (TPSA) is 79.3 Å². The average Bonchev–Trinajstić information content (AvgIpc) is 2.28. The third-order valence-electron chi connectivity index (χ3n) is 1.69. The molecule has 1 atom stereocenters. The molecule has 92 valence electrons. The molecule has 17 heavy (non-hydrogen) atoms. The quantitative estimate of drug-likeness (QED) is 0.762. The zero-order valence-corrected chi connectivity index (χ0v) is 10.8. The van der Waals surface area contributed by atoms with Crippen LogP contribution in [0.3, 0.4) is 0 Å². The third-order valence-corrected chi connectivity index (χ3v) is 3.97. The predicted octanol–water partition coefficient (Wildman–Crippen LogP) is 1.41. The fraction of sp³-hybridized carbons (Fsp3) is 0.300. The molecule has 0 aliphatic heterocycles. The minimum Gasteiger partial charge on any atom is -0.480 e. The predicted molar refractivity (Wildman–Crippen MR) is 67.8 cm³/mol. The van der Waals surface area contributed by atoms with E-state index in [4.69, 9.17) is 5.11 Å². The Hall–Kier alpha value is -1.21. The molecule has 0 fully saturated rings. The second-order valence-corrected chi connectivity index (χ2v) is 5.49. The molecule has 0 spiro atoms. The lowest BCUT2D eigenvalue weighted by Crippen LogP contribution is -2.41. The smallest absolute Gasteiger partial charge is 0.327 e. The van der Waals surface area contributed by atoms with Crippen molar-refractivity contribution in [2.75, 3.05) is 5.75 Å². The van der Waals surface area contributed by atoms with Gasteiger partial charge in [-0.05, 0) is 22.9 Å². The van der Waals surface area contributed by atoms with Crippen LogP contribution in [0.4, 0.5) is 0 Å². The van der Waals surface area contributed by atoms with Crippen LogP contribution in [0.2, 0.25) is 0 Å². The van der Waals surface area contributed by atoms with E-state index >= 15 is 0 Å². The van der Waals surface area contributed by atoms with Crippen LogP contribution in [-0.2, 0) is 9.59 Å². The van der Waals surface area contributed by atoms with Crippen LogP contribution >= 0.6 is 21.6 Å². The van der Waals surface area contributed by atoms with E-state index in [1.807, 2.05) is 18.2 Å². The Bertz CT molecular complexity index is 386. The fourth-order valence-electron chi connectivity index (χ4n) is 0.979. The third kappa shape index (κ3) is 5.60. The Labute approximate surface area is 107 Å². The summed E-state index contributed by atoms with van der Waals surface area (Å²) >= 11 is 0. The first-order valence-corrected chi connectivity index (χ1v) is 7.12. The van der Waals surface area contributed by atoms with E-state index in [0.717, 1.165) is 5.03 Å². The summed E-state index contributed by atoms with van der Waals surface area (Å²) in [6.07, 6.45) is 1.67. The zero-order chi connectivity index (χ0) is 12.7. The number of hydrogen-bond acceptors (Lipinski definition) is 5. The number of nitrogens with one attached hydrogen (secondary N) is 1. The molecule has 0 bridgehead atoms. The van der Waals surface area contributed by atoms with Crippen LogP contribution < -0.4 is 5.32 Å². The SMILES string of the molecule is CC(=O)NC(CSSc1ccccn1)C(=O)O. The number of aromatic nitrogens is 1. The molecule has 2 N–H and O–H groups in total. The van der Waals surface area contributed by atoms with Crippen molar-refractivity contribution in [1.29, 1.82) is 0 Å². The number of carboxylic acid groups (broad SMARTS) is 1. The Morgan fingerprint density at radius 1 is 1.53 bits per heavy atom. The first-order valence-electron chi connectivity index (χ1n) is 4.80. The standard InChI is InChI=1S/C10H12N2O3S2/c1-7(13)12-8(10(14)15)6-16-17-9-4-2-3-5-11-9/h2-5,8H,6H2,1H3,(H,12,13)(H,14,15). The summed E-state index contributed by atoms with van der Waals surface area (Å²) in [6, 6.07) is 4.64. The van der Waals surface area contributed by atoms with Crippen molar-refractivity contribution in [1.82, 2.24) is 10.3 Å². The maximum absolute atomic E-state index is 10.8. The Kier molecular flexibility index (Phi) is 5.85. The average molecular weight is 272 g/mol. The summed E-state index contributed by atoms with van der Waals surface area (Å²) in [6.45, 7) is 1.30. The highest BCUT2D eigenvalue weighted by Gasteiger charge is 2.18. The number of carbonyl (C=O) groups is 2. The normalized spacial score (nSPS) is 11.8. The number of hydrogen-bond donors (Lipinski definition) is 2. The molecule has 1 aromatic heterocycles. The van der Waals surface area contributed by atoms with Gasteiger partial charge in [0.05, 0.1) is 0 Å². The van der Waals surface area contributed by atoms with Crippen LogP contribution in [0, 0.1) is 0 Å². The Morgan fingerprint density at radius 3 is 2.82 bits per heavy atom. The molecular formula is C10H12N2O3S2. The van der Waals surface area contributed by atoms with Gasteiger partial charge in [-0.3, -0.25) is 4.79 Å². The van der Waals surface area contributed by atoms with Crippen molar-refractivity contribution in [3.63, 3.8) is 0 Å². The van der Waals surface area contributed by atoms with Gasteiger partial charge in [-0.2, -0.15) is 0 Å². The van der Waals surface area contributed by atoms with Crippen LogP contribution in [0.5, 0.6) is 0 Å². The van der Waals surface area contributed by atoms with E-state index in [-0.39, 0.29) is 11.7 Å². The number of carboxylic acids is 1. The largest absolute Gasteiger partial charge is 0.480 e. The van der Waals surface area contributed by atoms with Crippen LogP contribution in [0.15, 0.2) is 29.4 Å². The molecule has 7 heteroatoms. The van der Waals surface area contributed by atoms with Gasteiger partial charge in [0.1, 0.15) is 11.1 Å². The van der Waals surface area contributed by atoms with Crippen molar-refractivity contribution in [3.05, 3.63) is 24.4 Å². The molecule has 1 heterocycles. The maximum atomic E-state index is 10.8. The molecule has 0 radical (unpaired) electrons. The van der Waals surface area contributed by atoms with E-state index in [9.17, 15) is 9.59 Å². The molecule has 1 amide bonds. The first kappa shape index (κ1) is 13.9. The zero-order valence-electron chi connectivity index (χ0n) is 9.12. The minimum atomic E-state index is -1.03. The van der Waals surface area contributed by atoms with Crippen molar-refractivity contribution in [2.24, 2.45) is 0 Å². The lowest BCUT2D eigenvalue weighted by molar-refractivity contribution is -0.140. The molecule has 1 aromatic rings. The van der Waals surface area contributed by atoms with E-state index in [2.05, 4.69) is 10.3 Å². The van der Waals surface area contributed by atoms with Crippen LogP contribution in [0.25, 0.3) is 0 Å². The lowest BCUT2D eigenvalue weighted by Gasteiger charge is -2.11. The molecule has 0 saturated carbocycles. The number of carbonyl (C=O) groups excluding carboxylic acids is 1. The summed E-state index contributed by atoms with van der Waals surface area (Å²) in [5.41, 5.74) is 0. The maximum Gasteiger partial charge on any atom is 0.327 e. The van der Waals surface area contributed by atoms with Gasteiger partial charge in [0.15, 0.2) is 0 Å². The van der Waals surface area contributed by atoms with Crippen molar-refractivity contribution >= 4 is 33.5 Å². The van der Waals surface area contributed by atoms with Crippen molar-refractivity contribution < 1.29 is 14.7 Å². The minimum absolute atomic E-state index is 0.288. The lowest BCUT2D eigenvalue weighted by atomic mass is 10.3. The molecule has 0 saturated heterocycles. The molecule has 5 nitrogen and oxygen atoms in total. The molecule has 0 aliphatic rings. The van der Waals surface area contributed by atoms with Gasteiger partial charge >= 0.3 is 5.97 Å². The van der Waals surface area contributed by atoms with Gasteiger partial charge in [0, 0.05) is 18.9 Å². The highest BCUT2D eigenvalue weighted by atomic mass is 33.1. The van der Waals surface area contributed by atoms with E-state index in [0.29, 0.717) is 0 Å². The van der Waals surface area contributed by atoms with Crippen molar-refractivity contribution in [3.8, 4) is 0 Å². The Morgan fingerprint density at radius 2 is 2.29 bits per heavy atom. The molecule has 0 aromatic carbocycles. The fourth-order valence-corrected chi connectivity index (χ4v) is 3.04. The summed E-state index contributed by atoms with van der Waals surface area (Å²) in [5.74, 6) is -1.09. The molecule has 1 unspecified atom stereocenters. The van der Waals surface area contributed by atoms with Gasteiger partial charge < -0.3 is 10.4 Å². The van der Waals surface area contributed by atoms with Crippen LogP contribution in [-0.4, -0.2) is 33.8 Å². The highest BCUT2D eigenvalue weighted by molar-refractivity contribution is 8.76. The van der Waals surface area contributed by atoms with Gasteiger partial charge in [-0.15, -0.1) is 0 Å². The number of pyridine rings is 1. The van der Waals surface area contributed by atoms with E-state index < -0.39 is 12.0 Å². The summed E-state index contributed by atoms with van der Waals surface area (Å²) in [5, 5.41) is 12.0. The van der Waals surface area contributed by atoms with Gasteiger partial charge in [0.25, 0.3) is 0 Å². The number of aliphatic carboxylic acids is 1. The monoisotopic (exact) mass is 272 g/mol. The van der Waals surface area contributed by atoms with E-state index in [1.165, 1.54) is 28.5 Å². The van der Waals surface area contributed by atoms with Gasteiger partial charge in [-0.25, -0.2) is 9.78 Å². The second-order valence-electron chi connectivity index (χ2n) is 3.13. The highest BCUT2D eigenvalue weighted by Crippen LogP contribution is 2.29. The van der Waals surface area contributed by atoms with E-state index in [1.54, 1.807) is 6.20 Å². The van der Waals surface area contributed by atoms with Crippen LogP contribution in [0.1, 0.15) is 6.92 Å². The number of amides is 1. The van der Waals surface area contributed by atoms with Gasteiger partial charge in [0.2, 0.25) is 5.91 Å². The summed E-state index contributed by atoms with van der Waals surface area (Å²) < 4.78 is 0. The molecular weight excluding hydrogens is 260 g/mol.